The van der Waals surface area contributed by atoms with Crippen LogP contribution in [0.1, 0.15) is 12.6 Å². The molecular formula is C15H14F2N4. The number of imidazole rings is 2. The first kappa shape index (κ1) is 13.5. The summed E-state index contributed by atoms with van der Waals surface area (Å²) in [5.41, 5.74) is 0.989. The van der Waals surface area contributed by atoms with Gasteiger partial charge in [-0.2, -0.15) is 0 Å². The van der Waals surface area contributed by atoms with Crippen molar-refractivity contribution in [3.63, 3.8) is 0 Å². The Bertz CT molecular complexity index is 761. The summed E-state index contributed by atoms with van der Waals surface area (Å²) in [4.78, 5) is 8.42. The highest BCUT2D eigenvalue weighted by atomic mass is 19.2. The van der Waals surface area contributed by atoms with Crippen LogP contribution in [0.15, 0.2) is 43.1 Å². The standard InChI is InChI=1S/C15H14F2N4/c1-2-20-8-11(19-10-20)9-21-7-6-18-15(21)12-4-3-5-13(16)14(12)17/h3-8,10H,2,9H2,1H3. The molecule has 0 N–H and O–H groups in total. The van der Waals surface area contributed by atoms with Gasteiger partial charge in [-0.05, 0) is 19.1 Å². The highest BCUT2D eigenvalue weighted by Gasteiger charge is 2.14. The second kappa shape index (κ2) is 5.47. The van der Waals surface area contributed by atoms with E-state index < -0.39 is 11.6 Å². The average molecular weight is 288 g/mol. The van der Waals surface area contributed by atoms with Crippen molar-refractivity contribution in [2.75, 3.05) is 0 Å². The van der Waals surface area contributed by atoms with Crippen LogP contribution in [0.3, 0.4) is 0 Å². The van der Waals surface area contributed by atoms with Crippen molar-refractivity contribution in [3.8, 4) is 11.4 Å². The summed E-state index contributed by atoms with van der Waals surface area (Å²) in [7, 11) is 0. The van der Waals surface area contributed by atoms with Gasteiger partial charge in [-0.3, -0.25) is 0 Å². The molecule has 21 heavy (non-hydrogen) atoms. The second-order valence-corrected chi connectivity index (χ2v) is 4.68. The molecule has 0 radical (unpaired) electrons. The molecule has 4 nitrogen and oxygen atoms in total. The summed E-state index contributed by atoms with van der Waals surface area (Å²) >= 11 is 0. The Balaban J connectivity index is 1.95. The number of benzene rings is 1. The maximum atomic E-state index is 13.9. The van der Waals surface area contributed by atoms with Crippen LogP contribution < -0.4 is 0 Å². The van der Waals surface area contributed by atoms with Crippen LogP contribution in [0.4, 0.5) is 8.78 Å². The molecule has 0 saturated heterocycles. The Morgan fingerprint density at radius 2 is 2.05 bits per heavy atom. The fourth-order valence-electron chi connectivity index (χ4n) is 2.19. The van der Waals surface area contributed by atoms with Gasteiger partial charge in [0, 0.05) is 25.1 Å². The zero-order valence-corrected chi connectivity index (χ0v) is 11.5. The topological polar surface area (TPSA) is 35.6 Å². The number of nitrogens with zero attached hydrogens (tertiary/aromatic N) is 4. The van der Waals surface area contributed by atoms with Gasteiger partial charge in [0.15, 0.2) is 11.6 Å². The molecule has 0 aliphatic carbocycles. The van der Waals surface area contributed by atoms with Crippen molar-refractivity contribution in [2.24, 2.45) is 0 Å². The van der Waals surface area contributed by atoms with E-state index in [-0.39, 0.29) is 5.56 Å². The van der Waals surface area contributed by atoms with Gasteiger partial charge < -0.3 is 9.13 Å². The summed E-state index contributed by atoms with van der Waals surface area (Å²) in [6, 6.07) is 4.08. The van der Waals surface area contributed by atoms with Crippen LogP contribution in [0.2, 0.25) is 0 Å². The van der Waals surface area contributed by atoms with Gasteiger partial charge in [-0.25, -0.2) is 18.7 Å². The number of rotatable bonds is 4. The predicted molar refractivity (Wildman–Crippen MR) is 74.6 cm³/mol. The van der Waals surface area contributed by atoms with Crippen LogP contribution in [0.25, 0.3) is 11.4 Å². The van der Waals surface area contributed by atoms with Crippen molar-refractivity contribution < 1.29 is 8.78 Å². The number of aromatic nitrogens is 4. The third-order valence-corrected chi connectivity index (χ3v) is 3.29. The van der Waals surface area contributed by atoms with Crippen molar-refractivity contribution in [3.05, 3.63) is 60.4 Å². The Hall–Kier alpha value is -2.50. The van der Waals surface area contributed by atoms with E-state index in [0.717, 1.165) is 18.3 Å². The first-order valence-electron chi connectivity index (χ1n) is 6.65. The van der Waals surface area contributed by atoms with Crippen LogP contribution in [0.5, 0.6) is 0 Å². The number of hydrogen-bond acceptors (Lipinski definition) is 2. The van der Waals surface area contributed by atoms with Crippen molar-refractivity contribution in [1.29, 1.82) is 0 Å². The minimum atomic E-state index is -0.885. The van der Waals surface area contributed by atoms with Gasteiger partial charge in [0.05, 0.1) is 24.1 Å². The summed E-state index contributed by atoms with van der Waals surface area (Å²) in [5, 5.41) is 0. The molecule has 1 aromatic carbocycles. The van der Waals surface area contributed by atoms with Crippen molar-refractivity contribution >= 4 is 0 Å². The van der Waals surface area contributed by atoms with Gasteiger partial charge in [0.25, 0.3) is 0 Å². The van der Waals surface area contributed by atoms with E-state index in [1.807, 2.05) is 17.7 Å². The van der Waals surface area contributed by atoms with Gasteiger partial charge in [0.2, 0.25) is 0 Å². The molecule has 2 heterocycles. The summed E-state index contributed by atoms with van der Waals surface area (Å²) in [6.07, 6.45) is 6.96. The van der Waals surface area contributed by atoms with Crippen molar-refractivity contribution in [1.82, 2.24) is 19.1 Å². The molecule has 0 aliphatic heterocycles. The van der Waals surface area contributed by atoms with E-state index in [9.17, 15) is 8.78 Å². The first-order valence-corrected chi connectivity index (χ1v) is 6.65. The Morgan fingerprint density at radius 1 is 1.19 bits per heavy atom. The van der Waals surface area contributed by atoms with E-state index >= 15 is 0 Å². The molecule has 0 fully saturated rings. The highest BCUT2D eigenvalue weighted by Crippen LogP contribution is 2.23. The summed E-state index contributed by atoms with van der Waals surface area (Å²) in [6.45, 7) is 3.32. The molecular weight excluding hydrogens is 274 g/mol. The van der Waals surface area contributed by atoms with Crippen molar-refractivity contribution in [2.45, 2.75) is 20.0 Å². The molecule has 108 valence electrons. The third-order valence-electron chi connectivity index (χ3n) is 3.29. The fraction of sp³-hybridized carbons (Fsp3) is 0.200. The van der Waals surface area contributed by atoms with Crippen LogP contribution in [0, 0.1) is 11.6 Å². The molecule has 3 rings (SSSR count). The number of halogens is 2. The molecule has 0 amide bonds. The third kappa shape index (κ3) is 2.56. The molecule has 6 heteroatoms. The largest absolute Gasteiger partial charge is 0.337 e. The molecule has 0 saturated carbocycles. The van der Waals surface area contributed by atoms with Crippen LogP contribution in [-0.4, -0.2) is 19.1 Å². The lowest BCUT2D eigenvalue weighted by Crippen LogP contribution is -2.03. The normalized spacial score (nSPS) is 11.0. The van der Waals surface area contributed by atoms with Gasteiger partial charge >= 0.3 is 0 Å². The van der Waals surface area contributed by atoms with Gasteiger partial charge in [-0.15, -0.1) is 0 Å². The minimum absolute atomic E-state index is 0.148. The smallest absolute Gasteiger partial charge is 0.169 e. The molecule has 0 bridgehead atoms. The monoisotopic (exact) mass is 288 g/mol. The highest BCUT2D eigenvalue weighted by molar-refractivity contribution is 5.56. The number of hydrogen-bond donors (Lipinski definition) is 0. The average Bonchev–Trinajstić information content (AvgIpc) is 3.12. The summed E-state index contributed by atoms with van der Waals surface area (Å²) < 4.78 is 30.9. The van der Waals surface area contributed by atoms with E-state index in [4.69, 9.17) is 0 Å². The van der Waals surface area contributed by atoms with Crippen LogP contribution >= 0.6 is 0 Å². The predicted octanol–water partition coefficient (Wildman–Crippen LogP) is 3.09. The quantitative estimate of drug-likeness (QED) is 0.739. The second-order valence-electron chi connectivity index (χ2n) is 4.68. The molecule has 3 aromatic rings. The van der Waals surface area contributed by atoms with E-state index in [1.165, 1.54) is 12.1 Å². The van der Waals surface area contributed by atoms with E-state index in [1.54, 1.807) is 23.3 Å². The Labute approximate surface area is 120 Å². The molecule has 0 unspecified atom stereocenters. The summed E-state index contributed by atoms with van der Waals surface area (Å²) in [5.74, 6) is -1.38. The SMILES string of the molecule is CCn1cnc(Cn2ccnc2-c2cccc(F)c2F)c1. The Kier molecular flexibility index (Phi) is 3.51. The first-order chi connectivity index (χ1) is 10.2. The van der Waals surface area contributed by atoms with E-state index in [0.29, 0.717) is 12.4 Å². The number of aryl methyl sites for hydroxylation is 1. The zero-order chi connectivity index (χ0) is 14.8. The minimum Gasteiger partial charge on any atom is -0.337 e. The van der Waals surface area contributed by atoms with E-state index in [2.05, 4.69) is 9.97 Å². The lowest BCUT2D eigenvalue weighted by Gasteiger charge is -2.07. The Morgan fingerprint density at radius 3 is 2.81 bits per heavy atom. The van der Waals surface area contributed by atoms with Gasteiger partial charge in [0.1, 0.15) is 5.82 Å². The lowest BCUT2D eigenvalue weighted by atomic mass is 10.2. The van der Waals surface area contributed by atoms with Crippen LogP contribution in [-0.2, 0) is 13.1 Å². The van der Waals surface area contributed by atoms with Gasteiger partial charge in [-0.1, -0.05) is 6.07 Å². The lowest BCUT2D eigenvalue weighted by molar-refractivity contribution is 0.510. The molecule has 0 aliphatic rings. The molecule has 2 aromatic heterocycles. The maximum absolute atomic E-state index is 13.9. The maximum Gasteiger partial charge on any atom is 0.169 e. The fourth-order valence-corrected chi connectivity index (χ4v) is 2.19. The zero-order valence-electron chi connectivity index (χ0n) is 11.5. The molecule has 0 spiro atoms. The molecule has 0 atom stereocenters.